The predicted molar refractivity (Wildman–Crippen MR) is 99.7 cm³/mol. The monoisotopic (exact) mass is 340 g/mol. The maximum absolute atomic E-state index is 5.52. The van der Waals surface area contributed by atoms with Crippen molar-refractivity contribution in [2.75, 3.05) is 31.1 Å². The van der Waals surface area contributed by atoms with E-state index >= 15 is 0 Å². The molecule has 1 unspecified atom stereocenters. The molecule has 0 aliphatic carbocycles. The number of aromatic nitrogens is 2. The number of benzene rings is 1. The molecule has 2 aliphatic heterocycles. The van der Waals surface area contributed by atoms with Gasteiger partial charge < -0.3 is 14.7 Å². The van der Waals surface area contributed by atoms with Gasteiger partial charge >= 0.3 is 0 Å². The highest BCUT2D eigenvalue weighted by Gasteiger charge is 2.17. The summed E-state index contributed by atoms with van der Waals surface area (Å²) in [6.45, 7) is 4.57. The summed E-state index contributed by atoms with van der Waals surface area (Å²) in [7, 11) is 0. The van der Waals surface area contributed by atoms with Crippen LogP contribution in [0.2, 0.25) is 0 Å². The van der Waals surface area contributed by atoms with Crippen molar-refractivity contribution in [3.05, 3.63) is 30.2 Å². The Kier molecular flexibility index (Phi) is 5.31. The minimum absolute atomic E-state index is 0.657. The van der Waals surface area contributed by atoms with Gasteiger partial charge in [0.25, 0.3) is 0 Å². The van der Waals surface area contributed by atoms with Crippen LogP contribution in [0.5, 0.6) is 0 Å². The molecule has 0 saturated carbocycles. The number of hydrogen-bond donors (Lipinski definition) is 1. The Bertz CT molecular complexity index is 653. The number of anilines is 1. The van der Waals surface area contributed by atoms with Crippen molar-refractivity contribution in [2.24, 2.45) is 5.92 Å². The lowest BCUT2D eigenvalue weighted by Crippen LogP contribution is -2.29. The highest BCUT2D eigenvalue weighted by molar-refractivity contribution is 5.60. The van der Waals surface area contributed by atoms with Crippen molar-refractivity contribution in [2.45, 2.75) is 44.9 Å². The molecule has 1 aromatic heterocycles. The number of hydrogen-bond acceptors (Lipinski definition) is 5. The Morgan fingerprint density at radius 1 is 1.00 bits per heavy atom. The van der Waals surface area contributed by atoms with Gasteiger partial charge in [0.05, 0.1) is 0 Å². The zero-order valence-electron chi connectivity index (χ0n) is 14.9. The molecule has 2 aromatic rings. The number of nitrogens with one attached hydrogen (secondary N) is 1. The van der Waals surface area contributed by atoms with E-state index in [4.69, 9.17) is 4.52 Å². The molecule has 2 aliphatic rings. The van der Waals surface area contributed by atoms with Gasteiger partial charge in [-0.1, -0.05) is 5.16 Å². The first-order chi connectivity index (χ1) is 12.4. The van der Waals surface area contributed by atoms with E-state index < -0.39 is 0 Å². The van der Waals surface area contributed by atoms with Crippen molar-refractivity contribution < 1.29 is 4.52 Å². The molecule has 2 saturated heterocycles. The standard InChI is InChI=1S/C20H28N4O/c1-2-13-24(14-3-1)18-8-6-17(7-9-18)20-22-19(25-23-20)15-16-5-4-11-21-12-10-16/h6-9,16,21H,1-5,10-15H2. The van der Waals surface area contributed by atoms with Crippen molar-refractivity contribution >= 4 is 5.69 Å². The van der Waals surface area contributed by atoms with Crippen LogP contribution in [-0.2, 0) is 6.42 Å². The third kappa shape index (κ3) is 4.21. The molecular formula is C20H28N4O. The van der Waals surface area contributed by atoms with E-state index in [0.717, 1.165) is 31.0 Å². The topological polar surface area (TPSA) is 54.2 Å². The van der Waals surface area contributed by atoms with Crippen LogP contribution in [0.25, 0.3) is 11.4 Å². The first kappa shape index (κ1) is 16.6. The lowest BCUT2D eigenvalue weighted by atomic mass is 9.97. The zero-order chi connectivity index (χ0) is 16.9. The van der Waals surface area contributed by atoms with Gasteiger partial charge in [-0.2, -0.15) is 4.98 Å². The second-order valence-corrected chi connectivity index (χ2v) is 7.36. The summed E-state index contributed by atoms with van der Waals surface area (Å²) in [5.74, 6) is 2.15. The van der Waals surface area contributed by atoms with Crippen LogP contribution in [-0.4, -0.2) is 36.3 Å². The van der Waals surface area contributed by atoms with Crippen LogP contribution < -0.4 is 10.2 Å². The Morgan fingerprint density at radius 2 is 1.84 bits per heavy atom. The van der Waals surface area contributed by atoms with Gasteiger partial charge in [-0.05, 0) is 81.8 Å². The minimum atomic E-state index is 0.657. The summed E-state index contributed by atoms with van der Waals surface area (Å²) < 4.78 is 5.52. The van der Waals surface area contributed by atoms with Crippen molar-refractivity contribution in [3.8, 4) is 11.4 Å². The first-order valence-corrected chi connectivity index (χ1v) is 9.77. The summed E-state index contributed by atoms with van der Waals surface area (Å²) in [4.78, 5) is 7.10. The second-order valence-electron chi connectivity index (χ2n) is 7.36. The fourth-order valence-corrected chi connectivity index (χ4v) is 3.97. The van der Waals surface area contributed by atoms with E-state index in [-0.39, 0.29) is 0 Å². The smallest absolute Gasteiger partial charge is 0.227 e. The Balaban J connectivity index is 1.40. The van der Waals surface area contributed by atoms with Crippen LogP contribution in [0.15, 0.2) is 28.8 Å². The van der Waals surface area contributed by atoms with E-state index in [0.29, 0.717) is 11.7 Å². The molecule has 3 heterocycles. The quantitative estimate of drug-likeness (QED) is 0.920. The Labute approximate surface area is 149 Å². The van der Waals surface area contributed by atoms with Crippen molar-refractivity contribution in [1.82, 2.24) is 15.5 Å². The van der Waals surface area contributed by atoms with Crippen LogP contribution in [0.1, 0.15) is 44.4 Å². The SMILES string of the molecule is c1cc(N2CCCCC2)ccc1-c1noc(CC2CCCNCC2)n1. The number of piperidine rings is 1. The first-order valence-electron chi connectivity index (χ1n) is 9.77. The highest BCUT2D eigenvalue weighted by Crippen LogP contribution is 2.25. The molecule has 0 bridgehead atoms. The molecule has 0 spiro atoms. The van der Waals surface area contributed by atoms with E-state index in [9.17, 15) is 0 Å². The normalized spacial score (nSPS) is 21.9. The summed E-state index contributed by atoms with van der Waals surface area (Å²) >= 11 is 0. The molecule has 1 atom stereocenters. The molecule has 2 fully saturated rings. The average molecular weight is 340 g/mol. The van der Waals surface area contributed by atoms with E-state index in [1.807, 2.05) is 0 Å². The van der Waals surface area contributed by atoms with Gasteiger partial charge in [-0.3, -0.25) is 0 Å². The van der Waals surface area contributed by atoms with Gasteiger partial charge in [0.15, 0.2) is 0 Å². The molecular weight excluding hydrogens is 312 g/mol. The maximum Gasteiger partial charge on any atom is 0.227 e. The van der Waals surface area contributed by atoms with Gasteiger partial charge in [0.1, 0.15) is 0 Å². The Morgan fingerprint density at radius 3 is 2.68 bits per heavy atom. The molecule has 5 heteroatoms. The summed E-state index contributed by atoms with van der Waals surface area (Å²) in [6, 6.07) is 8.61. The lowest BCUT2D eigenvalue weighted by molar-refractivity contribution is 0.341. The van der Waals surface area contributed by atoms with Crippen LogP contribution >= 0.6 is 0 Å². The van der Waals surface area contributed by atoms with E-state index in [1.165, 1.54) is 57.3 Å². The molecule has 1 N–H and O–H groups in total. The van der Waals surface area contributed by atoms with E-state index in [1.54, 1.807) is 0 Å². The summed E-state index contributed by atoms with van der Waals surface area (Å²) in [5.41, 5.74) is 2.34. The maximum atomic E-state index is 5.52. The summed E-state index contributed by atoms with van der Waals surface area (Å²) in [5, 5.41) is 7.66. The fourth-order valence-electron chi connectivity index (χ4n) is 3.97. The molecule has 1 aromatic carbocycles. The molecule has 5 nitrogen and oxygen atoms in total. The van der Waals surface area contributed by atoms with Gasteiger partial charge in [0.2, 0.25) is 11.7 Å². The molecule has 0 radical (unpaired) electrons. The summed E-state index contributed by atoms with van der Waals surface area (Å²) in [6.07, 6.45) is 8.54. The Hall–Kier alpha value is -1.88. The molecule has 0 amide bonds. The van der Waals surface area contributed by atoms with Gasteiger partial charge in [-0.15, -0.1) is 0 Å². The fraction of sp³-hybridized carbons (Fsp3) is 0.600. The largest absolute Gasteiger partial charge is 0.372 e. The molecule has 4 rings (SSSR count). The predicted octanol–water partition coefficient (Wildman–Crippen LogP) is 3.66. The van der Waals surface area contributed by atoms with E-state index in [2.05, 4.69) is 44.6 Å². The molecule has 25 heavy (non-hydrogen) atoms. The second kappa shape index (κ2) is 8.00. The number of rotatable bonds is 4. The van der Waals surface area contributed by atoms with Crippen molar-refractivity contribution in [3.63, 3.8) is 0 Å². The highest BCUT2D eigenvalue weighted by atomic mass is 16.5. The van der Waals surface area contributed by atoms with Crippen LogP contribution in [0, 0.1) is 5.92 Å². The average Bonchev–Trinajstić information content (AvgIpc) is 2.98. The third-order valence-electron chi connectivity index (χ3n) is 5.47. The minimum Gasteiger partial charge on any atom is -0.372 e. The van der Waals surface area contributed by atoms with Crippen LogP contribution in [0.4, 0.5) is 5.69 Å². The number of nitrogens with zero attached hydrogens (tertiary/aromatic N) is 3. The van der Waals surface area contributed by atoms with Crippen molar-refractivity contribution in [1.29, 1.82) is 0 Å². The lowest BCUT2D eigenvalue weighted by Gasteiger charge is -2.28. The zero-order valence-corrected chi connectivity index (χ0v) is 14.9. The van der Waals surface area contributed by atoms with Gasteiger partial charge in [0, 0.05) is 30.8 Å². The molecule has 134 valence electrons. The van der Waals surface area contributed by atoms with Crippen LogP contribution in [0.3, 0.4) is 0 Å². The third-order valence-corrected chi connectivity index (χ3v) is 5.47. The van der Waals surface area contributed by atoms with Gasteiger partial charge in [-0.25, -0.2) is 0 Å².